The van der Waals surface area contributed by atoms with Crippen LogP contribution < -0.4 is 5.32 Å². The first-order valence-electron chi connectivity index (χ1n) is 7.62. The lowest BCUT2D eigenvalue weighted by atomic mass is 9.85. The summed E-state index contributed by atoms with van der Waals surface area (Å²) in [4.78, 5) is 2.79. The van der Waals surface area contributed by atoms with Gasteiger partial charge in [0.25, 0.3) is 0 Å². The molecule has 100 valence electrons. The van der Waals surface area contributed by atoms with Crippen molar-refractivity contribution < 1.29 is 0 Å². The Labute approximate surface area is 107 Å². The van der Waals surface area contributed by atoms with E-state index in [2.05, 4.69) is 31.0 Å². The molecule has 1 N–H and O–H groups in total. The topological polar surface area (TPSA) is 15.3 Å². The van der Waals surface area contributed by atoms with Gasteiger partial charge in [0.05, 0.1) is 0 Å². The first kappa shape index (κ1) is 13.4. The summed E-state index contributed by atoms with van der Waals surface area (Å²) in [5.74, 6) is 0.942. The van der Waals surface area contributed by atoms with Gasteiger partial charge in [-0.3, -0.25) is 4.90 Å². The molecule has 2 rings (SSSR count). The highest BCUT2D eigenvalue weighted by atomic mass is 15.2. The Kier molecular flexibility index (Phi) is 4.48. The third kappa shape index (κ3) is 3.45. The maximum Gasteiger partial charge on any atom is 0.0277 e. The molecule has 2 aliphatic rings. The first-order valence-corrected chi connectivity index (χ1v) is 7.62. The van der Waals surface area contributed by atoms with E-state index in [1.165, 1.54) is 58.2 Å². The van der Waals surface area contributed by atoms with Crippen molar-refractivity contribution in [3.8, 4) is 0 Å². The Hall–Kier alpha value is -0.0800. The van der Waals surface area contributed by atoms with Crippen LogP contribution in [0.5, 0.6) is 0 Å². The summed E-state index contributed by atoms with van der Waals surface area (Å²) in [6.07, 6.45) is 8.32. The van der Waals surface area contributed by atoms with Crippen molar-refractivity contribution in [3.05, 3.63) is 0 Å². The monoisotopic (exact) mass is 238 g/mol. The summed E-state index contributed by atoms with van der Waals surface area (Å²) in [6, 6.07) is 0.865. The highest BCUT2D eigenvalue weighted by molar-refractivity contribution is 4.91. The Morgan fingerprint density at radius 2 is 2.12 bits per heavy atom. The second-order valence-electron chi connectivity index (χ2n) is 6.59. The molecule has 1 saturated heterocycles. The summed E-state index contributed by atoms with van der Waals surface area (Å²) < 4.78 is 0. The molecule has 2 fully saturated rings. The van der Waals surface area contributed by atoms with Crippen molar-refractivity contribution in [2.45, 2.75) is 70.9 Å². The average Bonchev–Trinajstić information content (AvgIpc) is 2.52. The number of rotatable bonds is 2. The van der Waals surface area contributed by atoms with Crippen molar-refractivity contribution in [1.29, 1.82) is 0 Å². The Balaban J connectivity index is 1.98. The fourth-order valence-electron chi connectivity index (χ4n) is 3.54. The molecule has 3 unspecified atom stereocenters. The number of nitrogens with one attached hydrogen (secondary N) is 1. The normalized spacial score (nSPS) is 41.1. The van der Waals surface area contributed by atoms with Crippen LogP contribution in [-0.4, -0.2) is 36.1 Å². The fraction of sp³-hybridized carbons (Fsp3) is 1.00. The Bertz CT molecular complexity index is 241. The number of hydrogen-bond acceptors (Lipinski definition) is 2. The average molecular weight is 238 g/mol. The molecule has 0 aromatic carbocycles. The van der Waals surface area contributed by atoms with Gasteiger partial charge in [-0.15, -0.1) is 0 Å². The van der Waals surface area contributed by atoms with Gasteiger partial charge in [0.15, 0.2) is 0 Å². The molecule has 2 nitrogen and oxygen atoms in total. The standard InChI is InChI=1S/C15H30N2/c1-4-15(3)12-17(10-6-9-16-15)14-8-5-7-13(2)11-14/h13-14,16H,4-12H2,1-3H3. The van der Waals surface area contributed by atoms with Gasteiger partial charge in [-0.05, 0) is 51.6 Å². The predicted molar refractivity (Wildman–Crippen MR) is 74.3 cm³/mol. The van der Waals surface area contributed by atoms with E-state index in [1.54, 1.807) is 0 Å². The molecule has 3 atom stereocenters. The van der Waals surface area contributed by atoms with Gasteiger partial charge >= 0.3 is 0 Å². The van der Waals surface area contributed by atoms with Gasteiger partial charge in [0.2, 0.25) is 0 Å². The molecule has 1 saturated carbocycles. The van der Waals surface area contributed by atoms with E-state index in [1.807, 2.05) is 0 Å². The van der Waals surface area contributed by atoms with Crippen molar-refractivity contribution in [3.63, 3.8) is 0 Å². The maximum atomic E-state index is 3.75. The van der Waals surface area contributed by atoms with Gasteiger partial charge in [0, 0.05) is 18.1 Å². The van der Waals surface area contributed by atoms with Crippen LogP contribution in [0, 0.1) is 5.92 Å². The minimum Gasteiger partial charge on any atom is -0.310 e. The van der Waals surface area contributed by atoms with E-state index >= 15 is 0 Å². The third-order valence-electron chi connectivity index (χ3n) is 4.93. The van der Waals surface area contributed by atoms with Crippen molar-refractivity contribution in [1.82, 2.24) is 10.2 Å². The highest BCUT2D eigenvalue weighted by Crippen LogP contribution is 2.29. The molecular weight excluding hydrogens is 208 g/mol. The van der Waals surface area contributed by atoms with Crippen LogP contribution in [0.4, 0.5) is 0 Å². The summed E-state index contributed by atoms with van der Waals surface area (Å²) in [5.41, 5.74) is 0.344. The minimum absolute atomic E-state index is 0.344. The number of hydrogen-bond donors (Lipinski definition) is 1. The first-order chi connectivity index (χ1) is 8.13. The maximum absolute atomic E-state index is 3.75. The van der Waals surface area contributed by atoms with Crippen molar-refractivity contribution in [2.75, 3.05) is 19.6 Å². The van der Waals surface area contributed by atoms with Crippen LogP contribution in [0.3, 0.4) is 0 Å². The molecule has 1 aliphatic heterocycles. The summed E-state index contributed by atoms with van der Waals surface area (Å²) in [6.45, 7) is 10.9. The van der Waals surface area contributed by atoms with Crippen LogP contribution in [-0.2, 0) is 0 Å². The lowest BCUT2D eigenvalue weighted by Gasteiger charge is -2.40. The number of nitrogens with zero attached hydrogens (tertiary/aromatic N) is 1. The quantitative estimate of drug-likeness (QED) is 0.795. The lowest BCUT2D eigenvalue weighted by molar-refractivity contribution is 0.112. The second kappa shape index (κ2) is 5.71. The zero-order valence-corrected chi connectivity index (χ0v) is 12.0. The second-order valence-corrected chi connectivity index (χ2v) is 6.59. The molecule has 0 radical (unpaired) electrons. The zero-order valence-electron chi connectivity index (χ0n) is 12.0. The van der Waals surface area contributed by atoms with Crippen LogP contribution in [0.15, 0.2) is 0 Å². The van der Waals surface area contributed by atoms with Gasteiger partial charge < -0.3 is 5.32 Å². The van der Waals surface area contributed by atoms with Gasteiger partial charge in [-0.25, -0.2) is 0 Å². The highest BCUT2D eigenvalue weighted by Gasteiger charge is 2.32. The Morgan fingerprint density at radius 3 is 2.82 bits per heavy atom. The van der Waals surface area contributed by atoms with E-state index in [0.717, 1.165) is 12.0 Å². The molecule has 0 spiro atoms. The smallest absolute Gasteiger partial charge is 0.0277 e. The summed E-state index contributed by atoms with van der Waals surface area (Å²) in [7, 11) is 0. The third-order valence-corrected chi connectivity index (χ3v) is 4.93. The molecule has 0 aromatic rings. The lowest BCUT2D eigenvalue weighted by Crippen LogP contribution is -2.51. The van der Waals surface area contributed by atoms with Gasteiger partial charge in [-0.1, -0.05) is 26.7 Å². The minimum atomic E-state index is 0.344. The Morgan fingerprint density at radius 1 is 1.29 bits per heavy atom. The molecule has 17 heavy (non-hydrogen) atoms. The molecular formula is C15H30N2. The zero-order chi connectivity index (χ0) is 12.3. The molecule has 0 amide bonds. The van der Waals surface area contributed by atoms with Crippen LogP contribution in [0.2, 0.25) is 0 Å². The van der Waals surface area contributed by atoms with E-state index in [-0.39, 0.29) is 0 Å². The van der Waals surface area contributed by atoms with E-state index < -0.39 is 0 Å². The van der Waals surface area contributed by atoms with Crippen molar-refractivity contribution >= 4 is 0 Å². The van der Waals surface area contributed by atoms with Crippen LogP contribution in [0.1, 0.15) is 59.3 Å². The van der Waals surface area contributed by atoms with E-state index in [0.29, 0.717) is 5.54 Å². The van der Waals surface area contributed by atoms with E-state index in [4.69, 9.17) is 0 Å². The van der Waals surface area contributed by atoms with E-state index in [9.17, 15) is 0 Å². The summed E-state index contributed by atoms with van der Waals surface area (Å²) in [5, 5.41) is 3.75. The molecule has 2 heteroatoms. The summed E-state index contributed by atoms with van der Waals surface area (Å²) >= 11 is 0. The van der Waals surface area contributed by atoms with Gasteiger partial charge in [0.1, 0.15) is 0 Å². The van der Waals surface area contributed by atoms with Crippen LogP contribution in [0.25, 0.3) is 0 Å². The van der Waals surface area contributed by atoms with Crippen molar-refractivity contribution in [2.24, 2.45) is 5.92 Å². The molecule has 1 heterocycles. The molecule has 1 aliphatic carbocycles. The largest absolute Gasteiger partial charge is 0.310 e. The molecule has 0 bridgehead atoms. The van der Waals surface area contributed by atoms with Gasteiger partial charge in [-0.2, -0.15) is 0 Å². The SMILES string of the molecule is CCC1(C)CN(C2CCCC(C)C2)CCCN1. The molecule has 0 aromatic heterocycles. The predicted octanol–water partition coefficient (Wildman–Crippen LogP) is 3.03. The fourth-order valence-corrected chi connectivity index (χ4v) is 3.54. The van der Waals surface area contributed by atoms with Crippen LogP contribution >= 0.6 is 0 Å².